The second-order valence-electron chi connectivity index (χ2n) is 7.36. The van der Waals surface area contributed by atoms with Crippen LogP contribution in [-0.2, 0) is 0 Å². The van der Waals surface area contributed by atoms with E-state index in [1.165, 1.54) is 57.8 Å². The first-order valence-electron chi connectivity index (χ1n) is 11.0. The van der Waals surface area contributed by atoms with Gasteiger partial charge in [0.05, 0.1) is 17.5 Å². The Hall–Kier alpha value is -2.10. The fraction of sp³-hybridized carbons (Fsp3) is 0.583. The van der Waals surface area contributed by atoms with Crippen LogP contribution in [0.3, 0.4) is 0 Å². The van der Waals surface area contributed by atoms with Gasteiger partial charge in [-0.1, -0.05) is 76.2 Å². The van der Waals surface area contributed by atoms with Crippen LogP contribution in [0.1, 0.15) is 84.0 Å². The summed E-state index contributed by atoms with van der Waals surface area (Å²) >= 11 is 0. The van der Waals surface area contributed by atoms with Gasteiger partial charge in [-0.15, -0.1) is 0 Å². The number of allylic oxidation sites excluding steroid dienone is 2. The summed E-state index contributed by atoms with van der Waals surface area (Å²) in [4.78, 5) is 16.1. The molecule has 28 heavy (non-hydrogen) atoms. The van der Waals surface area contributed by atoms with Gasteiger partial charge < -0.3 is 9.15 Å². The van der Waals surface area contributed by atoms with Crippen molar-refractivity contribution >= 4 is 10.9 Å². The molecule has 1 heterocycles. The van der Waals surface area contributed by atoms with Crippen LogP contribution in [0.5, 0.6) is 6.08 Å². The number of aromatic nitrogens is 1. The van der Waals surface area contributed by atoms with E-state index >= 15 is 0 Å². The maximum atomic E-state index is 11.9. The minimum Gasteiger partial charge on any atom is -0.450 e. The van der Waals surface area contributed by atoms with Gasteiger partial charge in [0, 0.05) is 0 Å². The molecule has 0 spiro atoms. The summed E-state index contributed by atoms with van der Waals surface area (Å²) in [5.41, 5.74) is 0.210. The molecule has 1 aromatic carbocycles. The van der Waals surface area contributed by atoms with E-state index in [9.17, 15) is 4.79 Å². The first kappa shape index (κ1) is 22.2. The molecule has 0 bridgehead atoms. The molecule has 0 aliphatic carbocycles. The summed E-state index contributed by atoms with van der Waals surface area (Å²) in [5.74, 6) is 0. The smallest absolute Gasteiger partial charge is 0.397 e. The van der Waals surface area contributed by atoms with E-state index in [4.69, 9.17) is 9.15 Å². The Kier molecular flexibility index (Phi) is 11.1. The highest BCUT2D eigenvalue weighted by Gasteiger charge is 2.06. The number of benzene rings is 1. The highest BCUT2D eigenvalue weighted by molar-refractivity contribution is 5.76. The first-order valence-corrected chi connectivity index (χ1v) is 11.0. The van der Waals surface area contributed by atoms with Crippen LogP contribution in [0.15, 0.2) is 45.6 Å². The number of hydrogen-bond acceptors (Lipinski definition) is 4. The molecule has 0 aliphatic rings. The summed E-state index contributed by atoms with van der Waals surface area (Å²) in [6.07, 6.45) is 19.9. The monoisotopic (exact) mass is 385 g/mol. The van der Waals surface area contributed by atoms with Crippen molar-refractivity contribution in [1.82, 2.24) is 4.98 Å². The van der Waals surface area contributed by atoms with Crippen molar-refractivity contribution in [3.8, 4) is 6.08 Å². The van der Waals surface area contributed by atoms with Crippen molar-refractivity contribution in [2.75, 3.05) is 6.61 Å². The predicted molar refractivity (Wildman–Crippen MR) is 116 cm³/mol. The van der Waals surface area contributed by atoms with Crippen LogP contribution >= 0.6 is 0 Å². The van der Waals surface area contributed by atoms with Crippen LogP contribution < -0.4 is 10.4 Å². The molecule has 4 nitrogen and oxygen atoms in total. The summed E-state index contributed by atoms with van der Waals surface area (Å²) in [7, 11) is 0. The molecule has 0 saturated heterocycles. The van der Waals surface area contributed by atoms with Crippen LogP contribution in [0.4, 0.5) is 0 Å². The van der Waals surface area contributed by atoms with Gasteiger partial charge in [0.2, 0.25) is 0 Å². The van der Waals surface area contributed by atoms with Crippen molar-refractivity contribution in [3.63, 3.8) is 0 Å². The van der Waals surface area contributed by atoms with E-state index in [0.717, 1.165) is 19.3 Å². The van der Waals surface area contributed by atoms with E-state index in [1.807, 2.05) is 6.07 Å². The fourth-order valence-electron chi connectivity index (χ4n) is 3.22. The first-order chi connectivity index (χ1) is 13.8. The van der Waals surface area contributed by atoms with Crippen LogP contribution in [0, 0.1) is 0 Å². The number of unbranched alkanes of at least 4 members (excludes halogenated alkanes) is 10. The topological polar surface area (TPSA) is 52.3 Å². The van der Waals surface area contributed by atoms with E-state index in [-0.39, 0.29) is 6.08 Å². The minimum atomic E-state index is -0.399. The Morgan fingerprint density at radius 2 is 1.54 bits per heavy atom. The van der Waals surface area contributed by atoms with Gasteiger partial charge in [-0.2, -0.15) is 4.98 Å². The Labute approximate surface area is 169 Å². The molecule has 154 valence electrons. The second kappa shape index (κ2) is 14.0. The van der Waals surface area contributed by atoms with E-state index < -0.39 is 5.63 Å². The number of rotatable bonds is 15. The zero-order valence-electron chi connectivity index (χ0n) is 17.3. The second-order valence-corrected chi connectivity index (χ2v) is 7.36. The number of fused-ring (bicyclic) bond motifs is 1. The number of para-hydroxylation sites is 1. The van der Waals surface area contributed by atoms with Gasteiger partial charge in [0.1, 0.15) is 0 Å². The highest BCUT2D eigenvalue weighted by Crippen LogP contribution is 2.13. The van der Waals surface area contributed by atoms with E-state index in [0.29, 0.717) is 17.5 Å². The molecule has 0 saturated carbocycles. The normalized spacial score (nSPS) is 11.5. The zero-order valence-corrected chi connectivity index (χ0v) is 17.3. The SMILES string of the molecule is CCCCCCCCCCC=CCCCCOc1nc2ccccc2c(=O)o1. The van der Waals surface area contributed by atoms with Crippen molar-refractivity contribution in [3.05, 3.63) is 46.8 Å². The Morgan fingerprint density at radius 1 is 0.893 bits per heavy atom. The third kappa shape index (κ3) is 8.73. The van der Waals surface area contributed by atoms with Gasteiger partial charge in [-0.25, -0.2) is 4.79 Å². The van der Waals surface area contributed by atoms with Gasteiger partial charge >= 0.3 is 11.7 Å². The largest absolute Gasteiger partial charge is 0.450 e. The van der Waals surface area contributed by atoms with Crippen molar-refractivity contribution in [2.45, 2.75) is 84.0 Å². The maximum Gasteiger partial charge on any atom is 0.397 e. The van der Waals surface area contributed by atoms with Gasteiger partial charge in [-0.3, -0.25) is 0 Å². The lowest BCUT2D eigenvalue weighted by Crippen LogP contribution is -2.06. The molecule has 0 fully saturated rings. The highest BCUT2D eigenvalue weighted by atomic mass is 16.6. The fourth-order valence-corrected chi connectivity index (χ4v) is 3.22. The van der Waals surface area contributed by atoms with Gasteiger partial charge in [0.15, 0.2) is 0 Å². The van der Waals surface area contributed by atoms with Crippen LogP contribution in [0.25, 0.3) is 10.9 Å². The zero-order chi connectivity index (χ0) is 19.9. The van der Waals surface area contributed by atoms with Crippen molar-refractivity contribution < 1.29 is 9.15 Å². The molecule has 2 aromatic rings. The summed E-state index contributed by atoms with van der Waals surface area (Å²) < 4.78 is 10.6. The van der Waals surface area contributed by atoms with Crippen LogP contribution in [-0.4, -0.2) is 11.6 Å². The molecule has 4 heteroatoms. The molecule has 0 radical (unpaired) electrons. The average Bonchev–Trinajstić information content (AvgIpc) is 2.71. The number of nitrogens with zero attached hydrogens (tertiary/aromatic N) is 1. The van der Waals surface area contributed by atoms with Gasteiger partial charge in [-0.05, 0) is 44.2 Å². The third-order valence-electron chi connectivity index (χ3n) is 4.90. The lowest BCUT2D eigenvalue weighted by molar-refractivity contribution is 0.212. The van der Waals surface area contributed by atoms with E-state index in [1.54, 1.807) is 18.2 Å². The number of ether oxygens (including phenoxy) is 1. The van der Waals surface area contributed by atoms with Crippen molar-refractivity contribution in [2.24, 2.45) is 0 Å². The Balaban J connectivity index is 1.47. The maximum absolute atomic E-state index is 11.9. The molecule has 1 aromatic heterocycles. The Morgan fingerprint density at radius 3 is 2.29 bits per heavy atom. The molecule has 0 amide bonds. The molecular formula is C24H35NO3. The number of hydrogen-bond donors (Lipinski definition) is 0. The average molecular weight is 386 g/mol. The summed E-state index contributed by atoms with van der Waals surface area (Å²) in [6.45, 7) is 2.78. The van der Waals surface area contributed by atoms with Crippen molar-refractivity contribution in [1.29, 1.82) is 0 Å². The molecular weight excluding hydrogens is 350 g/mol. The summed E-state index contributed by atoms with van der Waals surface area (Å²) in [5, 5.41) is 0.483. The molecule has 0 aliphatic heterocycles. The molecule has 0 atom stereocenters. The third-order valence-corrected chi connectivity index (χ3v) is 4.90. The lowest BCUT2D eigenvalue weighted by atomic mass is 10.1. The molecule has 0 unspecified atom stereocenters. The quantitative estimate of drug-likeness (QED) is 0.249. The van der Waals surface area contributed by atoms with Gasteiger partial charge in [0.25, 0.3) is 0 Å². The lowest BCUT2D eigenvalue weighted by Gasteiger charge is -2.03. The standard InChI is InChI=1S/C24H35NO3/c1-2-3-4-5-6-7-8-9-10-11-12-13-14-17-20-27-24-25-22-19-16-15-18-21(22)23(26)28-24/h11-12,15-16,18-19H,2-10,13-14,17,20H2,1H3. The predicted octanol–water partition coefficient (Wildman–Crippen LogP) is 6.82. The molecule has 2 rings (SSSR count). The minimum absolute atomic E-state index is 0.0638. The summed E-state index contributed by atoms with van der Waals surface area (Å²) in [6, 6.07) is 7.14. The van der Waals surface area contributed by atoms with E-state index in [2.05, 4.69) is 24.1 Å². The Bertz CT molecular complexity index is 751. The molecule has 0 N–H and O–H groups in total. The van der Waals surface area contributed by atoms with Crippen LogP contribution in [0.2, 0.25) is 0 Å².